The third-order valence-electron chi connectivity index (χ3n) is 5.44. The van der Waals surface area contributed by atoms with Gasteiger partial charge in [0.2, 0.25) is 0 Å². The molecule has 1 aromatic rings. The molecule has 41 heavy (non-hydrogen) atoms. The number of hydrogen-bond donors (Lipinski definition) is 1. The van der Waals surface area contributed by atoms with E-state index in [4.69, 9.17) is 42.6 Å². The first-order valence-corrected chi connectivity index (χ1v) is 14.1. The predicted octanol–water partition coefficient (Wildman–Crippen LogP) is 1.71. The van der Waals surface area contributed by atoms with Gasteiger partial charge in [0, 0.05) is 19.2 Å². The second-order valence-corrected chi connectivity index (χ2v) is 8.65. The van der Waals surface area contributed by atoms with Gasteiger partial charge in [-0.15, -0.1) is 0 Å². The van der Waals surface area contributed by atoms with Crippen LogP contribution in [0.1, 0.15) is 29.8 Å². The van der Waals surface area contributed by atoms with Crippen molar-refractivity contribution >= 4 is 11.7 Å². The third kappa shape index (κ3) is 21.2. The van der Waals surface area contributed by atoms with E-state index >= 15 is 0 Å². The number of rotatable bonds is 29. The van der Waals surface area contributed by atoms with Gasteiger partial charge in [-0.2, -0.15) is 0 Å². The molecule has 0 bridgehead atoms. The summed E-state index contributed by atoms with van der Waals surface area (Å²) in [7, 11) is 1.64. The van der Waals surface area contributed by atoms with Crippen molar-refractivity contribution in [2.45, 2.75) is 20.3 Å². The maximum atomic E-state index is 12.0. The Kier molecular flexibility index (Phi) is 24.0. The molecular formula is C29H49NO11. The summed E-state index contributed by atoms with van der Waals surface area (Å²) in [6.45, 7) is 11.2. The molecule has 0 radical (unpaired) electrons. The maximum Gasteiger partial charge on any atom is 0.258 e. The quantitative estimate of drug-likeness (QED) is 0.109. The van der Waals surface area contributed by atoms with Crippen LogP contribution in [0.25, 0.3) is 0 Å². The lowest BCUT2D eigenvalue weighted by molar-refractivity contribution is -0.123. The fourth-order valence-corrected chi connectivity index (χ4v) is 3.32. The number of benzene rings is 1. The molecule has 236 valence electrons. The molecule has 0 atom stereocenters. The zero-order valence-corrected chi connectivity index (χ0v) is 25.0. The molecule has 1 amide bonds. The van der Waals surface area contributed by atoms with Gasteiger partial charge in [0.15, 0.2) is 12.4 Å². The van der Waals surface area contributed by atoms with Crippen molar-refractivity contribution in [2.75, 3.05) is 119 Å². The van der Waals surface area contributed by atoms with Crippen molar-refractivity contribution in [2.24, 2.45) is 0 Å². The number of amides is 1. The van der Waals surface area contributed by atoms with Gasteiger partial charge in [-0.25, -0.2) is 0 Å². The van der Waals surface area contributed by atoms with Crippen molar-refractivity contribution in [1.29, 1.82) is 0 Å². The van der Waals surface area contributed by atoms with Gasteiger partial charge in [0.05, 0.1) is 99.1 Å². The summed E-state index contributed by atoms with van der Waals surface area (Å²) in [5, 5.41) is 2.74. The normalized spacial score (nSPS) is 11.1. The second kappa shape index (κ2) is 26.7. The van der Waals surface area contributed by atoms with Crippen molar-refractivity contribution in [3.8, 4) is 5.75 Å². The molecule has 12 nitrogen and oxygen atoms in total. The van der Waals surface area contributed by atoms with Crippen molar-refractivity contribution in [3.05, 3.63) is 29.3 Å². The highest BCUT2D eigenvalue weighted by Gasteiger charge is 2.09. The highest BCUT2D eigenvalue weighted by atomic mass is 16.6. The lowest BCUT2D eigenvalue weighted by Gasteiger charge is -2.11. The van der Waals surface area contributed by atoms with Crippen LogP contribution in [0.2, 0.25) is 0 Å². The molecule has 0 aliphatic heterocycles. The van der Waals surface area contributed by atoms with Crippen LogP contribution in [0.4, 0.5) is 0 Å². The number of methoxy groups -OCH3 is 1. The van der Waals surface area contributed by atoms with Crippen LogP contribution < -0.4 is 10.1 Å². The molecule has 0 aliphatic carbocycles. The Bertz CT molecular complexity index is 794. The SMILES string of the molecule is CCc1cc(OCC(=O)NCCOCCOCCOCCOCCOCCOCCOCCOC)ccc1C(C)=O. The van der Waals surface area contributed by atoms with Crippen LogP contribution in [-0.2, 0) is 49.1 Å². The number of ketones is 1. The Morgan fingerprint density at radius 3 is 1.51 bits per heavy atom. The number of ether oxygens (including phenoxy) is 9. The molecule has 0 saturated carbocycles. The van der Waals surface area contributed by atoms with Gasteiger partial charge in [-0.3, -0.25) is 9.59 Å². The summed E-state index contributed by atoms with van der Waals surface area (Å²) in [5.41, 5.74) is 1.58. The molecule has 0 saturated heterocycles. The Hall–Kier alpha value is -2.16. The zero-order chi connectivity index (χ0) is 29.8. The van der Waals surface area contributed by atoms with Crippen LogP contribution in [0.15, 0.2) is 18.2 Å². The van der Waals surface area contributed by atoms with Crippen molar-refractivity contribution in [3.63, 3.8) is 0 Å². The standard InChI is InChI=1S/C29H49NO11/c1-4-26-23-27(5-6-28(26)25(2)31)41-24-29(32)30-7-8-34-11-12-36-15-16-38-19-20-40-22-21-39-18-17-37-14-13-35-10-9-33-3/h5-6,23H,4,7-22,24H2,1-3H3,(H,30,32). The van der Waals surface area contributed by atoms with Crippen molar-refractivity contribution in [1.82, 2.24) is 5.32 Å². The van der Waals surface area contributed by atoms with Crippen molar-refractivity contribution < 1.29 is 52.2 Å². The van der Waals surface area contributed by atoms with E-state index in [1.807, 2.05) is 6.92 Å². The van der Waals surface area contributed by atoms with E-state index in [1.54, 1.807) is 25.3 Å². The Morgan fingerprint density at radius 2 is 1.10 bits per heavy atom. The predicted molar refractivity (Wildman–Crippen MR) is 152 cm³/mol. The molecule has 1 N–H and O–H groups in total. The van der Waals surface area contributed by atoms with Gasteiger partial charge < -0.3 is 47.9 Å². The lowest BCUT2D eigenvalue weighted by atomic mass is 10.0. The Balaban J connectivity index is 1.80. The lowest BCUT2D eigenvalue weighted by Crippen LogP contribution is -2.32. The fraction of sp³-hybridized carbons (Fsp3) is 0.724. The van der Waals surface area contributed by atoms with E-state index < -0.39 is 0 Å². The maximum absolute atomic E-state index is 12.0. The molecule has 12 heteroatoms. The van der Waals surface area contributed by atoms with Crippen LogP contribution in [0.5, 0.6) is 5.75 Å². The van der Waals surface area contributed by atoms with Gasteiger partial charge in [0.25, 0.3) is 5.91 Å². The minimum absolute atomic E-state index is 0.0132. The molecule has 0 aliphatic rings. The highest BCUT2D eigenvalue weighted by molar-refractivity contribution is 5.95. The smallest absolute Gasteiger partial charge is 0.258 e. The van der Waals surface area contributed by atoms with E-state index in [1.165, 1.54) is 6.92 Å². The molecule has 0 fully saturated rings. The number of Topliss-reactive ketones (excluding diaryl/α,β-unsaturated/α-hetero) is 1. The molecule has 1 aromatic carbocycles. The van der Waals surface area contributed by atoms with Gasteiger partial charge in [0.1, 0.15) is 5.75 Å². The van der Waals surface area contributed by atoms with Crippen LogP contribution >= 0.6 is 0 Å². The summed E-state index contributed by atoms with van der Waals surface area (Å²) >= 11 is 0. The number of carbonyl (C=O) groups excluding carboxylic acids is 2. The van der Waals surface area contributed by atoms with E-state index in [0.717, 1.165) is 5.56 Å². The molecule has 0 spiro atoms. The third-order valence-corrected chi connectivity index (χ3v) is 5.44. The van der Waals surface area contributed by atoms with Crippen LogP contribution in [0.3, 0.4) is 0 Å². The molecule has 0 aromatic heterocycles. The molecular weight excluding hydrogens is 538 g/mol. The summed E-state index contributed by atoms with van der Waals surface area (Å²) in [6, 6.07) is 5.23. The van der Waals surface area contributed by atoms with E-state index in [-0.39, 0.29) is 18.3 Å². The number of carbonyl (C=O) groups is 2. The average molecular weight is 588 g/mol. The molecule has 1 rings (SSSR count). The number of hydrogen-bond acceptors (Lipinski definition) is 11. The van der Waals surface area contributed by atoms with Gasteiger partial charge in [-0.1, -0.05) is 6.92 Å². The number of nitrogens with one attached hydrogen (secondary N) is 1. The monoisotopic (exact) mass is 587 g/mol. The van der Waals surface area contributed by atoms with Crippen LogP contribution in [-0.4, -0.2) is 131 Å². The van der Waals surface area contributed by atoms with Gasteiger partial charge >= 0.3 is 0 Å². The molecule has 0 heterocycles. The van der Waals surface area contributed by atoms with Gasteiger partial charge in [-0.05, 0) is 37.1 Å². The Morgan fingerprint density at radius 1 is 0.659 bits per heavy atom. The highest BCUT2D eigenvalue weighted by Crippen LogP contribution is 2.19. The second-order valence-electron chi connectivity index (χ2n) is 8.65. The van der Waals surface area contributed by atoms with E-state index in [0.29, 0.717) is 123 Å². The first-order valence-electron chi connectivity index (χ1n) is 14.1. The summed E-state index contributed by atoms with van der Waals surface area (Å²) in [6.07, 6.45) is 0.712. The average Bonchev–Trinajstić information content (AvgIpc) is 2.98. The van der Waals surface area contributed by atoms with Crippen LogP contribution in [0, 0.1) is 0 Å². The minimum Gasteiger partial charge on any atom is -0.484 e. The van der Waals surface area contributed by atoms with E-state index in [2.05, 4.69) is 5.32 Å². The first kappa shape index (κ1) is 36.9. The topological polar surface area (TPSA) is 129 Å². The Labute approximate surface area is 244 Å². The largest absolute Gasteiger partial charge is 0.484 e. The summed E-state index contributed by atoms with van der Waals surface area (Å²) in [5.74, 6) is 0.332. The number of aryl methyl sites for hydroxylation is 1. The fourth-order valence-electron chi connectivity index (χ4n) is 3.32. The summed E-state index contributed by atoms with van der Waals surface area (Å²) < 4.78 is 48.3. The first-order chi connectivity index (χ1) is 20.1. The zero-order valence-electron chi connectivity index (χ0n) is 25.0. The summed E-state index contributed by atoms with van der Waals surface area (Å²) in [4.78, 5) is 23.6. The van der Waals surface area contributed by atoms with E-state index in [9.17, 15) is 9.59 Å². The minimum atomic E-state index is -0.242. The molecule has 0 unspecified atom stereocenters.